The zero-order valence-corrected chi connectivity index (χ0v) is 12.8. The summed E-state index contributed by atoms with van der Waals surface area (Å²) in [5, 5.41) is 2.88. The molecule has 1 N–H and O–H groups in total. The molecule has 1 aromatic carbocycles. The van der Waals surface area contributed by atoms with Crippen LogP contribution in [0.3, 0.4) is 0 Å². The van der Waals surface area contributed by atoms with Gasteiger partial charge in [-0.3, -0.25) is 9.59 Å². The van der Waals surface area contributed by atoms with Crippen LogP contribution in [0.15, 0.2) is 47.4 Å². The van der Waals surface area contributed by atoms with Crippen LogP contribution in [0.2, 0.25) is 0 Å². The van der Waals surface area contributed by atoms with Crippen LogP contribution in [0.1, 0.15) is 18.5 Å². The molecule has 2 heterocycles. The van der Waals surface area contributed by atoms with Crippen molar-refractivity contribution in [3.63, 3.8) is 0 Å². The van der Waals surface area contributed by atoms with Gasteiger partial charge >= 0.3 is 0 Å². The van der Waals surface area contributed by atoms with Crippen molar-refractivity contribution in [3.05, 3.63) is 58.5 Å². The zero-order valence-electron chi connectivity index (χ0n) is 12.8. The second-order valence-electron chi connectivity index (χ2n) is 5.36. The van der Waals surface area contributed by atoms with Crippen molar-refractivity contribution in [2.75, 3.05) is 13.2 Å². The summed E-state index contributed by atoms with van der Waals surface area (Å²) < 4.78 is 12.4. The molecule has 0 aliphatic carbocycles. The maximum absolute atomic E-state index is 12.1. The Morgan fingerprint density at radius 2 is 2.00 bits per heavy atom. The van der Waals surface area contributed by atoms with Crippen molar-refractivity contribution < 1.29 is 14.3 Å². The fraction of sp³-hybridized carbons (Fsp3) is 0.294. The molecule has 120 valence electrons. The number of ether oxygens (including phenoxy) is 2. The summed E-state index contributed by atoms with van der Waals surface area (Å²) in [6.45, 7) is 2.95. The van der Waals surface area contributed by atoms with Crippen molar-refractivity contribution in [3.8, 4) is 11.5 Å². The van der Waals surface area contributed by atoms with Gasteiger partial charge in [0.15, 0.2) is 11.5 Å². The van der Waals surface area contributed by atoms with E-state index >= 15 is 0 Å². The summed E-state index contributed by atoms with van der Waals surface area (Å²) in [4.78, 5) is 23.7. The second kappa shape index (κ2) is 6.56. The van der Waals surface area contributed by atoms with Crippen LogP contribution < -0.4 is 20.3 Å². The SMILES string of the molecule is C[C@@H](NC(=O)Cn1ccccc1=O)c1ccc2c(c1)OCCO2. The number of hydrogen-bond acceptors (Lipinski definition) is 4. The molecule has 0 saturated heterocycles. The fourth-order valence-corrected chi connectivity index (χ4v) is 2.45. The largest absolute Gasteiger partial charge is 0.486 e. The molecule has 0 saturated carbocycles. The molecule has 6 nitrogen and oxygen atoms in total. The van der Waals surface area contributed by atoms with Crippen LogP contribution in [-0.2, 0) is 11.3 Å². The highest BCUT2D eigenvalue weighted by molar-refractivity contribution is 5.76. The number of amides is 1. The van der Waals surface area contributed by atoms with Gasteiger partial charge in [-0.2, -0.15) is 0 Å². The molecule has 1 aromatic heterocycles. The molecule has 2 aromatic rings. The minimum absolute atomic E-state index is 0.00539. The van der Waals surface area contributed by atoms with E-state index in [4.69, 9.17) is 9.47 Å². The average Bonchev–Trinajstić information content (AvgIpc) is 2.56. The van der Waals surface area contributed by atoms with Crippen LogP contribution in [-0.4, -0.2) is 23.7 Å². The van der Waals surface area contributed by atoms with Gasteiger partial charge < -0.3 is 19.4 Å². The van der Waals surface area contributed by atoms with Crippen LogP contribution in [0.4, 0.5) is 0 Å². The van der Waals surface area contributed by atoms with Crippen molar-refractivity contribution >= 4 is 5.91 Å². The maximum Gasteiger partial charge on any atom is 0.250 e. The summed E-state index contributed by atoms with van der Waals surface area (Å²) in [6, 6.07) is 10.2. The van der Waals surface area contributed by atoms with Crippen molar-refractivity contribution in [1.29, 1.82) is 0 Å². The van der Waals surface area contributed by atoms with Crippen molar-refractivity contribution in [1.82, 2.24) is 9.88 Å². The zero-order chi connectivity index (χ0) is 16.2. The Morgan fingerprint density at radius 3 is 2.78 bits per heavy atom. The standard InChI is InChI=1S/C17H18N2O4/c1-12(13-5-6-14-15(10-13)23-9-8-22-14)18-16(20)11-19-7-3-2-4-17(19)21/h2-7,10,12H,8-9,11H2,1H3,(H,18,20)/t12-/m1/s1. The van der Waals surface area contributed by atoms with Crippen LogP contribution in [0, 0.1) is 0 Å². The van der Waals surface area contributed by atoms with E-state index in [0.717, 1.165) is 11.3 Å². The molecule has 0 fully saturated rings. The normalized spacial score (nSPS) is 14.1. The van der Waals surface area contributed by atoms with E-state index in [0.29, 0.717) is 19.0 Å². The highest BCUT2D eigenvalue weighted by Gasteiger charge is 2.16. The van der Waals surface area contributed by atoms with E-state index in [1.807, 2.05) is 25.1 Å². The van der Waals surface area contributed by atoms with Gasteiger partial charge in [0.1, 0.15) is 19.8 Å². The third-order valence-corrected chi connectivity index (χ3v) is 3.66. The Kier molecular flexibility index (Phi) is 4.32. The maximum atomic E-state index is 12.1. The number of fused-ring (bicyclic) bond motifs is 1. The van der Waals surface area contributed by atoms with Crippen LogP contribution in [0.25, 0.3) is 0 Å². The van der Waals surface area contributed by atoms with Gasteiger partial charge in [-0.25, -0.2) is 0 Å². The van der Waals surface area contributed by atoms with E-state index in [-0.39, 0.29) is 24.1 Å². The highest BCUT2D eigenvalue weighted by Crippen LogP contribution is 2.32. The average molecular weight is 314 g/mol. The Hall–Kier alpha value is -2.76. The van der Waals surface area contributed by atoms with E-state index in [2.05, 4.69) is 5.32 Å². The lowest BCUT2D eigenvalue weighted by atomic mass is 10.1. The predicted octanol–water partition coefficient (Wildman–Crippen LogP) is 1.50. The molecule has 0 bridgehead atoms. The first-order valence-corrected chi connectivity index (χ1v) is 7.48. The third-order valence-electron chi connectivity index (χ3n) is 3.66. The van der Waals surface area contributed by atoms with E-state index in [1.54, 1.807) is 18.3 Å². The summed E-state index contributed by atoms with van der Waals surface area (Å²) in [5.41, 5.74) is 0.720. The molecule has 1 aliphatic heterocycles. The number of benzene rings is 1. The van der Waals surface area contributed by atoms with Gasteiger partial charge in [-0.1, -0.05) is 12.1 Å². The quantitative estimate of drug-likeness (QED) is 0.928. The van der Waals surface area contributed by atoms with Gasteiger partial charge in [0.25, 0.3) is 5.56 Å². The lowest BCUT2D eigenvalue weighted by Gasteiger charge is -2.21. The first-order valence-electron chi connectivity index (χ1n) is 7.48. The minimum atomic E-state index is -0.222. The van der Waals surface area contributed by atoms with Gasteiger partial charge in [0, 0.05) is 12.3 Å². The Bertz CT molecular complexity index is 769. The second-order valence-corrected chi connectivity index (χ2v) is 5.36. The molecule has 1 aliphatic rings. The number of pyridine rings is 1. The van der Waals surface area contributed by atoms with Crippen LogP contribution in [0.5, 0.6) is 11.5 Å². The van der Waals surface area contributed by atoms with Gasteiger partial charge in [-0.15, -0.1) is 0 Å². The first-order chi connectivity index (χ1) is 11.1. The molecule has 1 atom stereocenters. The lowest BCUT2D eigenvalue weighted by molar-refractivity contribution is -0.122. The topological polar surface area (TPSA) is 69.6 Å². The van der Waals surface area contributed by atoms with Gasteiger partial charge in [0.05, 0.1) is 6.04 Å². The van der Waals surface area contributed by atoms with E-state index in [1.165, 1.54) is 10.6 Å². The number of nitrogens with one attached hydrogen (secondary N) is 1. The molecule has 6 heteroatoms. The number of aromatic nitrogens is 1. The van der Waals surface area contributed by atoms with Crippen LogP contribution >= 0.6 is 0 Å². The third kappa shape index (κ3) is 3.53. The monoisotopic (exact) mass is 314 g/mol. The Balaban J connectivity index is 1.67. The molecule has 0 unspecified atom stereocenters. The van der Waals surface area contributed by atoms with E-state index < -0.39 is 0 Å². The Morgan fingerprint density at radius 1 is 1.22 bits per heavy atom. The molecule has 1 amide bonds. The summed E-state index contributed by atoms with van der Waals surface area (Å²) in [7, 11) is 0. The molecular weight excluding hydrogens is 296 g/mol. The Labute approximate surface area is 133 Å². The summed E-state index contributed by atoms with van der Waals surface area (Å²) in [5.74, 6) is 1.18. The van der Waals surface area contributed by atoms with Gasteiger partial charge in [-0.05, 0) is 30.7 Å². The fourth-order valence-electron chi connectivity index (χ4n) is 2.45. The summed E-state index contributed by atoms with van der Waals surface area (Å²) >= 11 is 0. The number of rotatable bonds is 4. The molecule has 23 heavy (non-hydrogen) atoms. The minimum Gasteiger partial charge on any atom is -0.486 e. The lowest BCUT2D eigenvalue weighted by Crippen LogP contribution is -2.33. The van der Waals surface area contributed by atoms with Crippen molar-refractivity contribution in [2.24, 2.45) is 0 Å². The molecule has 0 spiro atoms. The molecule has 0 radical (unpaired) electrons. The molecule has 3 rings (SSSR count). The van der Waals surface area contributed by atoms with Gasteiger partial charge in [0.2, 0.25) is 5.91 Å². The van der Waals surface area contributed by atoms with E-state index in [9.17, 15) is 9.59 Å². The molecular formula is C17H18N2O4. The number of hydrogen-bond donors (Lipinski definition) is 1. The highest BCUT2D eigenvalue weighted by atomic mass is 16.6. The smallest absolute Gasteiger partial charge is 0.250 e. The number of carbonyl (C=O) groups excluding carboxylic acids is 1. The number of carbonyl (C=O) groups is 1. The summed E-state index contributed by atoms with van der Waals surface area (Å²) in [6.07, 6.45) is 1.59. The first kappa shape index (κ1) is 15.1. The number of nitrogens with zero attached hydrogens (tertiary/aromatic N) is 1. The van der Waals surface area contributed by atoms with Crippen molar-refractivity contribution in [2.45, 2.75) is 19.5 Å². The predicted molar refractivity (Wildman–Crippen MR) is 84.7 cm³/mol.